The SMILES string of the molecule is CCc1nc(C(=O)N2CCSCC2)n[nH]1. The molecule has 2 rings (SSSR count). The number of aromatic nitrogens is 3. The molecule has 1 aliphatic rings. The number of carbonyl (C=O) groups is 1. The molecular weight excluding hydrogens is 212 g/mol. The number of H-pyrrole nitrogens is 1. The highest BCUT2D eigenvalue weighted by atomic mass is 32.2. The van der Waals surface area contributed by atoms with Crippen molar-refractivity contribution in [3.8, 4) is 0 Å². The van der Waals surface area contributed by atoms with E-state index in [-0.39, 0.29) is 5.91 Å². The van der Waals surface area contributed by atoms with Crippen LogP contribution >= 0.6 is 11.8 Å². The van der Waals surface area contributed by atoms with Gasteiger partial charge >= 0.3 is 0 Å². The molecule has 0 aliphatic carbocycles. The van der Waals surface area contributed by atoms with Crippen molar-refractivity contribution < 1.29 is 4.79 Å². The van der Waals surface area contributed by atoms with Crippen LogP contribution < -0.4 is 0 Å². The molecule has 0 aromatic carbocycles. The molecule has 1 amide bonds. The third-order valence-electron chi connectivity index (χ3n) is 2.36. The van der Waals surface area contributed by atoms with Gasteiger partial charge in [0.25, 0.3) is 5.91 Å². The topological polar surface area (TPSA) is 61.9 Å². The zero-order chi connectivity index (χ0) is 10.7. The molecule has 2 heterocycles. The minimum Gasteiger partial charge on any atom is -0.334 e. The molecule has 5 nitrogen and oxygen atoms in total. The monoisotopic (exact) mass is 226 g/mol. The Hall–Kier alpha value is -1.04. The quantitative estimate of drug-likeness (QED) is 0.800. The fourth-order valence-corrected chi connectivity index (χ4v) is 2.36. The first kappa shape index (κ1) is 10.5. The summed E-state index contributed by atoms with van der Waals surface area (Å²) in [5, 5.41) is 6.69. The third kappa shape index (κ3) is 2.31. The first-order valence-electron chi connectivity index (χ1n) is 5.09. The van der Waals surface area contributed by atoms with Crippen LogP contribution in [0.2, 0.25) is 0 Å². The summed E-state index contributed by atoms with van der Waals surface area (Å²) < 4.78 is 0. The minimum absolute atomic E-state index is 0.0498. The zero-order valence-electron chi connectivity index (χ0n) is 8.69. The van der Waals surface area contributed by atoms with E-state index in [2.05, 4.69) is 15.2 Å². The van der Waals surface area contributed by atoms with Gasteiger partial charge in [-0.25, -0.2) is 4.98 Å². The average molecular weight is 226 g/mol. The third-order valence-corrected chi connectivity index (χ3v) is 3.30. The Morgan fingerprint density at radius 2 is 2.27 bits per heavy atom. The number of aryl methyl sites for hydroxylation is 1. The van der Waals surface area contributed by atoms with Gasteiger partial charge in [-0.1, -0.05) is 6.92 Å². The fourth-order valence-electron chi connectivity index (χ4n) is 1.46. The summed E-state index contributed by atoms with van der Waals surface area (Å²) in [5.41, 5.74) is 0. The highest BCUT2D eigenvalue weighted by Crippen LogP contribution is 2.11. The van der Waals surface area contributed by atoms with Crippen molar-refractivity contribution in [1.29, 1.82) is 0 Å². The van der Waals surface area contributed by atoms with Gasteiger partial charge in [0.05, 0.1) is 0 Å². The predicted molar refractivity (Wildman–Crippen MR) is 59.0 cm³/mol. The molecule has 0 bridgehead atoms. The number of nitrogens with one attached hydrogen (secondary N) is 1. The van der Waals surface area contributed by atoms with Gasteiger partial charge in [-0.2, -0.15) is 11.8 Å². The molecule has 1 N–H and O–H groups in total. The van der Waals surface area contributed by atoms with E-state index < -0.39 is 0 Å². The van der Waals surface area contributed by atoms with E-state index in [0.717, 1.165) is 36.8 Å². The number of carbonyl (C=O) groups excluding carboxylic acids is 1. The van der Waals surface area contributed by atoms with E-state index in [4.69, 9.17) is 0 Å². The molecule has 0 radical (unpaired) electrons. The van der Waals surface area contributed by atoms with Crippen LogP contribution in [0, 0.1) is 0 Å². The van der Waals surface area contributed by atoms with Crippen LogP contribution in [-0.2, 0) is 6.42 Å². The number of hydrogen-bond donors (Lipinski definition) is 1. The van der Waals surface area contributed by atoms with Gasteiger partial charge in [0.2, 0.25) is 5.82 Å². The van der Waals surface area contributed by atoms with E-state index >= 15 is 0 Å². The Morgan fingerprint density at radius 3 is 2.87 bits per heavy atom. The van der Waals surface area contributed by atoms with E-state index in [1.807, 2.05) is 23.6 Å². The maximum absolute atomic E-state index is 11.9. The number of hydrogen-bond acceptors (Lipinski definition) is 4. The summed E-state index contributed by atoms with van der Waals surface area (Å²) >= 11 is 1.88. The van der Waals surface area contributed by atoms with Crippen LogP contribution in [-0.4, -0.2) is 50.6 Å². The smallest absolute Gasteiger partial charge is 0.293 e. The van der Waals surface area contributed by atoms with E-state index in [1.165, 1.54) is 0 Å². The van der Waals surface area contributed by atoms with Gasteiger partial charge in [-0.05, 0) is 0 Å². The van der Waals surface area contributed by atoms with E-state index in [0.29, 0.717) is 5.82 Å². The molecule has 15 heavy (non-hydrogen) atoms. The van der Waals surface area contributed by atoms with E-state index in [9.17, 15) is 4.79 Å². The summed E-state index contributed by atoms with van der Waals surface area (Å²) in [4.78, 5) is 17.9. The van der Waals surface area contributed by atoms with Crippen molar-refractivity contribution in [3.63, 3.8) is 0 Å². The van der Waals surface area contributed by atoms with Gasteiger partial charge in [-0.3, -0.25) is 9.89 Å². The van der Waals surface area contributed by atoms with Crippen LogP contribution in [0.3, 0.4) is 0 Å². The van der Waals surface area contributed by atoms with Gasteiger partial charge in [0.1, 0.15) is 5.82 Å². The number of nitrogens with zero attached hydrogens (tertiary/aromatic N) is 3. The molecule has 1 aromatic rings. The minimum atomic E-state index is -0.0498. The Bertz CT molecular complexity index is 346. The summed E-state index contributed by atoms with van der Waals surface area (Å²) in [5.74, 6) is 3.04. The molecule has 6 heteroatoms. The molecule has 1 saturated heterocycles. The molecular formula is C9H14N4OS. The van der Waals surface area contributed by atoms with Crippen LogP contribution in [0.25, 0.3) is 0 Å². The van der Waals surface area contributed by atoms with Gasteiger partial charge in [0, 0.05) is 31.0 Å². The highest BCUT2D eigenvalue weighted by molar-refractivity contribution is 7.99. The van der Waals surface area contributed by atoms with Crippen LogP contribution in [0.5, 0.6) is 0 Å². The highest BCUT2D eigenvalue weighted by Gasteiger charge is 2.21. The Balaban J connectivity index is 2.05. The maximum atomic E-state index is 11.9. The Morgan fingerprint density at radius 1 is 1.53 bits per heavy atom. The number of aromatic amines is 1. The van der Waals surface area contributed by atoms with Crippen molar-refractivity contribution >= 4 is 17.7 Å². The number of amides is 1. The van der Waals surface area contributed by atoms with Crippen molar-refractivity contribution in [1.82, 2.24) is 20.1 Å². The largest absolute Gasteiger partial charge is 0.334 e. The van der Waals surface area contributed by atoms with Crippen molar-refractivity contribution in [3.05, 3.63) is 11.6 Å². The lowest BCUT2D eigenvalue weighted by Gasteiger charge is -2.24. The lowest BCUT2D eigenvalue weighted by molar-refractivity contribution is 0.0760. The molecule has 1 aromatic heterocycles. The van der Waals surface area contributed by atoms with Crippen LogP contribution in [0.15, 0.2) is 0 Å². The van der Waals surface area contributed by atoms with Crippen molar-refractivity contribution in [2.45, 2.75) is 13.3 Å². The second kappa shape index (κ2) is 4.65. The average Bonchev–Trinajstić information content (AvgIpc) is 2.78. The Labute approximate surface area is 92.6 Å². The zero-order valence-corrected chi connectivity index (χ0v) is 9.51. The van der Waals surface area contributed by atoms with Crippen molar-refractivity contribution in [2.24, 2.45) is 0 Å². The summed E-state index contributed by atoms with van der Waals surface area (Å²) in [7, 11) is 0. The first-order chi connectivity index (χ1) is 7.31. The summed E-state index contributed by atoms with van der Waals surface area (Å²) in [6.45, 7) is 3.59. The summed E-state index contributed by atoms with van der Waals surface area (Å²) in [6, 6.07) is 0. The van der Waals surface area contributed by atoms with Crippen LogP contribution in [0.1, 0.15) is 23.4 Å². The van der Waals surface area contributed by atoms with Crippen molar-refractivity contribution in [2.75, 3.05) is 24.6 Å². The first-order valence-corrected chi connectivity index (χ1v) is 6.25. The molecule has 0 unspecified atom stereocenters. The molecule has 0 atom stereocenters. The molecule has 82 valence electrons. The molecule has 1 aliphatic heterocycles. The van der Waals surface area contributed by atoms with E-state index in [1.54, 1.807) is 0 Å². The fraction of sp³-hybridized carbons (Fsp3) is 0.667. The molecule has 1 fully saturated rings. The van der Waals surface area contributed by atoms with Gasteiger partial charge < -0.3 is 4.90 Å². The lowest BCUT2D eigenvalue weighted by Crippen LogP contribution is -2.38. The summed E-state index contributed by atoms with van der Waals surface area (Å²) in [6.07, 6.45) is 0.774. The normalized spacial score (nSPS) is 16.7. The molecule has 0 saturated carbocycles. The Kier molecular flexibility index (Phi) is 3.25. The number of thioether (sulfide) groups is 1. The lowest BCUT2D eigenvalue weighted by atomic mass is 10.4. The second-order valence-corrected chi connectivity index (χ2v) is 4.59. The second-order valence-electron chi connectivity index (χ2n) is 3.36. The van der Waals surface area contributed by atoms with Gasteiger partial charge in [0.15, 0.2) is 0 Å². The maximum Gasteiger partial charge on any atom is 0.293 e. The van der Waals surface area contributed by atoms with Crippen LogP contribution in [0.4, 0.5) is 0 Å². The van der Waals surface area contributed by atoms with Gasteiger partial charge in [-0.15, -0.1) is 5.10 Å². The predicted octanol–water partition coefficient (Wildman–Crippen LogP) is 0.556. The number of rotatable bonds is 2. The molecule has 0 spiro atoms. The standard InChI is InChI=1S/C9H14N4OS/c1-2-7-10-8(12-11-7)9(14)13-3-5-15-6-4-13/h2-6H2,1H3,(H,10,11,12).